The highest BCUT2D eigenvalue weighted by Crippen LogP contribution is 2.47. The van der Waals surface area contributed by atoms with E-state index in [0.717, 1.165) is 0 Å². The second kappa shape index (κ2) is 10.2. The number of benzene rings is 1. The number of ether oxygens (including phenoxy) is 3. The largest absolute Gasteiger partial charge is 0.494 e. The summed E-state index contributed by atoms with van der Waals surface area (Å²) in [6.07, 6.45) is 2.42. The SMILES string of the molecule is C=CCOC(=O)[C@@H]1C(=O)C[C@](C)(O)[C@H](C(=O)OCC=C)[C@@H]1c1ccc(OCC)cc1. The van der Waals surface area contributed by atoms with E-state index in [0.29, 0.717) is 17.9 Å². The summed E-state index contributed by atoms with van der Waals surface area (Å²) in [5, 5.41) is 11.0. The molecule has 162 valence electrons. The van der Waals surface area contributed by atoms with E-state index >= 15 is 0 Å². The summed E-state index contributed by atoms with van der Waals surface area (Å²) in [5.74, 6) is -4.76. The normalized spacial score (nSPS) is 25.8. The van der Waals surface area contributed by atoms with Crippen LogP contribution in [0.4, 0.5) is 0 Å². The number of aliphatic hydroxyl groups is 1. The number of rotatable bonds is 9. The van der Waals surface area contributed by atoms with Gasteiger partial charge in [-0.05, 0) is 31.5 Å². The molecule has 1 N–H and O–H groups in total. The fourth-order valence-corrected chi connectivity index (χ4v) is 3.83. The minimum Gasteiger partial charge on any atom is -0.494 e. The molecule has 1 aromatic rings. The lowest BCUT2D eigenvalue weighted by atomic mass is 9.61. The fraction of sp³-hybridized carbons (Fsp3) is 0.435. The Morgan fingerprint density at radius 3 is 2.23 bits per heavy atom. The number of hydrogen-bond donors (Lipinski definition) is 1. The zero-order valence-electron chi connectivity index (χ0n) is 17.3. The Kier molecular flexibility index (Phi) is 7.94. The Hall–Kier alpha value is -2.93. The molecule has 0 aromatic heterocycles. The number of carbonyl (C=O) groups excluding carboxylic acids is 3. The molecule has 0 spiro atoms. The van der Waals surface area contributed by atoms with Gasteiger partial charge in [-0.15, -0.1) is 0 Å². The van der Waals surface area contributed by atoms with Crippen molar-refractivity contribution in [1.82, 2.24) is 0 Å². The lowest BCUT2D eigenvalue weighted by Gasteiger charge is -2.43. The molecule has 0 radical (unpaired) electrons. The summed E-state index contributed by atoms with van der Waals surface area (Å²) < 4.78 is 15.8. The van der Waals surface area contributed by atoms with Crippen molar-refractivity contribution in [1.29, 1.82) is 0 Å². The maximum Gasteiger partial charge on any atom is 0.317 e. The first-order valence-electron chi connectivity index (χ1n) is 9.79. The molecular formula is C23H28O7. The van der Waals surface area contributed by atoms with Crippen molar-refractivity contribution < 1.29 is 33.7 Å². The van der Waals surface area contributed by atoms with Crippen LogP contribution in [0.15, 0.2) is 49.6 Å². The van der Waals surface area contributed by atoms with Crippen LogP contribution in [0.1, 0.15) is 31.7 Å². The lowest BCUT2D eigenvalue weighted by Crippen LogP contribution is -2.55. The monoisotopic (exact) mass is 416 g/mol. The highest BCUT2D eigenvalue weighted by Gasteiger charge is 2.57. The van der Waals surface area contributed by atoms with Crippen molar-refractivity contribution >= 4 is 17.7 Å². The first kappa shape index (κ1) is 23.3. The maximum absolute atomic E-state index is 12.9. The van der Waals surface area contributed by atoms with E-state index in [1.807, 2.05) is 6.92 Å². The average Bonchev–Trinajstić information content (AvgIpc) is 2.70. The molecule has 1 aromatic carbocycles. The van der Waals surface area contributed by atoms with E-state index in [4.69, 9.17) is 14.2 Å². The topological polar surface area (TPSA) is 99.1 Å². The van der Waals surface area contributed by atoms with E-state index in [1.54, 1.807) is 24.3 Å². The van der Waals surface area contributed by atoms with Gasteiger partial charge in [0.25, 0.3) is 0 Å². The van der Waals surface area contributed by atoms with Gasteiger partial charge in [-0.25, -0.2) is 0 Å². The molecule has 1 aliphatic carbocycles. The van der Waals surface area contributed by atoms with E-state index in [2.05, 4.69) is 13.2 Å². The van der Waals surface area contributed by atoms with Crippen molar-refractivity contribution in [3.05, 3.63) is 55.1 Å². The molecule has 4 atom stereocenters. The van der Waals surface area contributed by atoms with Crippen molar-refractivity contribution in [3.63, 3.8) is 0 Å². The summed E-state index contributed by atoms with van der Waals surface area (Å²) >= 11 is 0. The van der Waals surface area contributed by atoms with Crippen molar-refractivity contribution in [2.75, 3.05) is 19.8 Å². The third kappa shape index (κ3) is 5.16. The summed E-state index contributed by atoms with van der Waals surface area (Å²) in [7, 11) is 0. The van der Waals surface area contributed by atoms with Crippen LogP contribution in [0, 0.1) is 11.8 Å². The van der Waals surface area contributed by atoms with Gasteiger partial charge in [0.1, 0.15) is 24.9 Å². The first-order valence-corrected chi connectivity index (χ1v) is 9.79. The second-order valence-corrected chi connectivity index (χ2v) is 7.32. The number of ketones is 1. The zero-order chi connectivity index (χ0) is 22.3. The van der Waals surface area contributed by atoms with Crippen LogP contribution in [-0.2, 0) is 23.9 Å². The van der Waals surface area contributed by atoms with Crippen LogP contribution in [0.3, 0.4) is 0 Å². The second-order valence-electron chi connectivity index (χ2n) is 7.32. The molecule has 0 aliphatic heterocycles. The van der Waals surface area contributed by atoms with E-state index in [-0.39, 0.29) is 19.6 Å². The van der Waals surface area contributed by atoms with E-state index < -0.39 is 41.1 Å². The molecule has 0 saturated heterocycles. The average molecular weight is 416 g/mol. The van der Waals surface area contributed by atoms with E-state index in [1.165, 1.54) is 19.1 Å². The van der Waals surface area contributed by atoms with Gasteiger partial charge in [0.2, 0.25) is 0 Å². The summed E-state index contributed by atoms with van der Waals surface area (Å²) in [6, 6.07) is 6.72. The molecule has 1 saturated carbocycles. The Morgan fingerprint density at radius 1 is 1.13 bits per heavy atom. The number of Topliss-reactive ketones (excluding diaryl/α,β-unsaturated/α-hetero) is 1. The molecule has 7 nitrogen and oxygen atoms in total. The van der Waals surface area contributed by atoms with Crippen molar-refractivity contribution in [3.8, 4) is 5.75 Å². The lowest BCUT2D eigenvalue weighted by molar-refractivity contribution is -0.171. The Morgan fingerprint density at radius 2 is 1.70 bits per heavy atom. The van der Waals surface area contributed by atoms with Gasteiger partial charge in [-0.2, -0.15) is 0 Å². The predicted molar refractivity (Wildman–Crippen MR) is 110 cm³/mol. The van der Waals surface area contributed by atoms with Gasteiger partial charge < -0.3 is 19.3 Å². The van der Waals surface area contributed by atoms with Crippen LogP contribution >= 0.6 is 0 Å². The third-order valence-electron chi connectivity index (χ3n) is 5.04. The summed E-state index contributed by atoms with van der Waals surface area (Å²) in [5.41, 5.74) is -1.18. The summed E-state index contributed by atoms with van der Waals surface area (Å²) in [6.45, 7) is 10.6. The standard InChI is InChI=1S/C23H28O7/c1-5-12-29-21(25)19-17(24)14-23(4,27)20(22(26)30-13-6-2)18(19)15-8-10-16(11-9-15)28-7-3/h5-6,8-11,18-20,27H,1-2,7,12-14H2,3-4H3/t18-,19-,20+,23+/m1/s1. The molecule has 1 aliphatic rings. The number of hydrogen-bond acceptors (Lipinski definition) is 7. The molecular weight excluding hydrogens is 388 g/mol. The first-order chi connectivity index (χ1) is 14.3. The minimum absolute atomic E-state index is 0.0546. The fourth-order valence-electron chi connectivity index (χ4n) is 3.83. The predicted octanol–water partition coefficient (Wildman–Crippen LogP) is 2.58. The Balaban J connectivity index is 2.55. The molecule has 30 heavy (non-hydrogen) atoms. The van der Waals surface area contributed by atoms with Gasteiger partial charge >= 0.3 is 11.9 Å². The van der Waals surface area contributed by atoms with Crippen LogP contribution < -0.4 is 4.74 Å². The molecule has 0 bridgehead atoms. The third-order valence-corrected chi connectivity index (χ3v) is 5.04. The molecule has 7 heteroatoms. The molecule has 2 rings (SSSR count). The smallest absolute Gasteiger partial charge is 0.317 e. The molecule has 1 fully saturated rings. The Bertz CT molecular complexity index is 794. The van der Waals surface area contributed by atoms with Crippen LogP contribution in [0.2, 0.25) is 0 Å². The maximum atomic E-state index is 12.9. The van der Waals surface area contributed by atoms with Crippen LogP contribution in [0.25, 0.3) is 0 Å². The van der Waals surface area contributed by atoms with Gasteiger partial charge in [-0.1, -0.05) is 37.4 Å². The quantitative estimate of drug-likeness (QED) is 0.375. The van der Waals surface area contributed by atoms with Crippen LogP contribution in [0.5, 0.6) is 5.75 Å². The van der Waals surface area contributed by atoms with Gasteiger partial charge in [0.15, 0.2) is 5.78 Å². The van der Waals surface area contributed by atoms with Crippen molar-refractivity contribution in [2.24, 2.45) is 11.8 Å². The number of esters is 2. The molecule has 0 amide bonds. The van der Waals surface area contributed by atoms with Gasteiger partial charge in [-0.3, -0.25) is 14.4 Å². The molecule has 0 heterocycles. The Labute approximate surface area is 176 Å². The van der Waals surface area contributed by atoms with Crippen LogP contribution in [-0.4, -0.2) is 48.3 Å². The van der Waals surface area contributed by atoms with Crippen molar-refractivity contribution in [2.45, 2.75) is 31.8 Å². The minimum atomic E-state index is -1.70. The van der Waals surface area contributed by atoms with Gasteiger partial charge in [0.05, 0.1) is 18.1 Å². The molecule has 0 unspecified atom stereocenters. The highest BCUT2D eigenvalue weighted by atomic mass is 16.5. The summed E-state index contributed by atoms with van der Waals surface area (Å²) in [4.78, 5) is 38.5. The van der Waals surface area contributed by atoms with Gasteiger partial charge in [0, 0.05) is 12.3 Å². The zero-order valence-corrected chi connectivity index (χ0v) is 17.3. The van der Waals surface area contributed by atoms with E-state index in [9.17, 15) is 19.5 Å². The highest BCUT2D eigenvalue weighted by molar-refractivity contribution is 6.02. The number of carbonyl (C=O) groups is 3.